The average molecular weight is 297 g/mol. The summed E-state index contributed by atoms with van der Waals surface area (Å²) in [5, 5.41) is 8.66. The Hall–Kier alpha value is -1.98. The molecule has 1 aliphatic carbocycles. The van der Waals surface area contributed by atoms with Gasteiger partial charge in [-0.2, -0.15) is 0 Å². The van der Waals surface area contributed by atoms with Crippen LogP contribution in [0.5, 0.6) is 0 Å². The van der Waals surface area contributed by atoms with E-state index in [1.165, 1.54) is 17.0 Å². The second kappa shape index (κ2) is 6.20. The molecule has 1 aliphatic rings. The van der Waals surface area contributed by atoms with Crippen molar-refractivity contribution < 1.29 is 23.5 Å². The maximum atomic E-state index is 13.7. The maximum absolute atomic E-state index is 13.7. The van der Waals surface area contributed by atoms with Crippen molar-refractivity contribution in [1.82, 2.24) is 4.90 Å². The summed E-state index contributed by atoms with van der Waals surface area (Å²) < 4.78 is 26.5. The lowest BCUT2D eigenvalue weighted by molar-refractivity contribution is -0.138. The fraction of sp³-hybridized carbons (Fsp3) is 0.467. The van der Waals surface area contributed by atoms with Crippen molar-refractivity contribution in [3.63, 3.8) is 0 Å². The number of aliphatic carboxylic acids is 1. The van der Waals surface area contributed by atoms with Crippen LogP contribution in [0.15, 0.2) is 18.2 Å². The molecule has 4 nitrogen and oxygen atoms in total. The summed E-state index contributed by atoms with van der Waals surface area (Å²) in [7, 11) is 0. The first-order valence-corrected chi connectivity index (χ1v) is 6.89. The number of benzene rings is 1. The molecular weight excluding hydrogens is 280 g/mol. The Balaban J connectivity index is 2.00. The summed E-state index contributed by atoms with van der Waals surface area (Å²) in [6.07, 6.45) is 0.410. The molecule has 1 amide bonds. The highest BCUT2D eigenvalue weighted by Gasteiger charge is 2.46. The van der Waals surface area contributed by atoms with Crippen LogP contribution in [0.1, 0.15) is 31.2 Å². The number of nitrogens with zero attached hydrogens (tertiary/aromatic N) is 1. The third-order valence-electron chi connectivity index (χ3n) is 3.76. The second-order valence-electron chi connectivity index (χ2n) is 5.18. The van der Waals surface area contributed by atoms with Crippen LogP contribution in [0.25, 0.3) is 0 Å². The summed E-state index contributed by atoms with van der Waals surface area (Å²) in [6, 6.07) is 3.37. The molecule has 6 heteroatoms. The highest BCUT2D eigenvalue weighted by atomic mass is 19.1. The van der Waals surface area contributed by atoms with Gasteiger partial charge in [-0.15, -0.1) is 0 Å². The third-order valence-corrected chi connectivity index (χ3v) is 3.76. The molecule has 2 unspecified atom stereocenters. The zero-order valence-corrected chi connectivity index (χ0v) is 11.7. The highest BCUT2D eigenvalue weighted by Crippen LogP contribution is 2.49. The van der Waals surface area contributed by atoms with Crippen LogP contribution in [-0.4, -0.2) is 35.0 Å². The van der Waals surface area contributed by atoms with Crippen LogP contribution < -0.4 is 0 Å². The quantitative estimate of drug-likeness (QED) is 0.877. The van der Waals surface area contributed by atoms with Crippen LogP contribution in [0.3, 0.4) is 0 Å². The van der Waals surface area contributed by atoms with E-state index in [-0.39, 0.29) is 30.7 Å². The molecule has 2 atom stereocenters. The van der Waals surface area contributed by atoms with Gasteiger partial charge in [0.1, 0.15) is 11.6 Å². The first kappa shape index (κ1) is 15.4. The van der Waals surface area contributed by atoms with Crippen LogP contribution >= 0.6 is 0 Å². The van der Waals surface area contributed by atoms with E-state index in [4.69, 9.17) is 5.11 Å². The van der Waals surface area contributed by atoms with Crippen molar-refractivity contribution >= 4 is 11.9 Å². The smallest absolute Gasteiger partial charge is 0.305 e. The minimum atomic E-state index is -0.960. The molecule has 114 valence electrons. The lowest BCUT2D eigenvalue weighted by Crippen LogP contribution is -2.34. The molecule has 1 fully saturated rings. The first-order valence-electron chi connectivity index (χ1n) is 6.89. The monoisotopic (exact) mass is 297 g/mol. The van der Waals surface area contributed by atoms with Gasteiger partial charge in [0.05, 0.1) is 6.42 Å². The molecule has 21 heavy (non-hydrogen) atoms. The van der Waals surface area contributed by atoms with E-state index >= 15 is 0 Å². The molecule has 0 bridgehead atoms. The summed E-state index contributed by atoms with van der Waals surface area (Å²) in [4.78, 5) is 24.3. The van der Waals surface area contributed by atoms with E-state index in [0.29, 0.717) is 18.5 Å². The minimum Gasteiger partial charge on any atom is -0.481 e. The molecule has 0 radical (unpaired) electrons. The van der Waals surface area contributed by atoms with Crippen LogP contribution in [-0.2, 0) is 9.59 Å². The van der Waals surface area contributed by atoms with E-state index < -0.39 is 17.6 Å². The molecule has 0 aliphatic heterocycles. The Labute approximate surface area is 121 Å². The summed E-state index contributed by atoms with van der Waals surface area (Å²) in [5.74, 6) is -2.97. The number of halogens is 2. The van der Waals surface area contributed by atoms with Crippen LogP contribution in [0.2, 0.25) is 0 Å². The van der Waals surface area contributed by atoms with Gasteiger partial charge in [0.15, 0.2) is 0 Å². The standard InChI is InChI=1S/C15H17F2NO3/c1-2-18(6-5-14(19)20)15(21)12-8-11(12)10-4-3-9(16)7-13(10)17/h3-4,7,11-12H,2,5-6,8H2,1H3,(H,19,20). The highest BCUT2D eigenvalue weighted by molar-refractivity contribution is 5.83. The van der Waals surface area contributed by atoms with Crippen molar-refractivity contribution in [3.05, 3.63) is 35.4 Å². The minimum absolute atomic E-state index is 0.109. The number of carbonyl (C=O) groups excluding carboxylic acids is 1. The van der Waals surface area contributed by atoms with Gasteiger partial charge in [0.25, 0.3) is 0 Å². The molecule has 1 N–H and O–H groups in total. The SMILES string of the molecule is CCN(CCC(=O)O)C(=O)C1CC1c1ccc(F)cc1F. The van der Waals surface area contributed by atoms with Gasteiger partial charge in [0.2, 0.25) is 5.91 Å². The topological polar surface area (TPSA) is 57.6 Å². The molecule has 0 saturated heterocycles. The zero-order chi connectivity index (χ0) is 15.6. The number of carboxylic acid groups (broad SMARTS) is 1. The van der Waals surface area contributed by atoms with E-state index in [9.17, 15) is 18.4 Å². The molecule has 1 aromatic carbocycles. The molecule has 2 rings (SSSR count). The van der Waals surface area contributed by atoms with Gasteiger partial charge in [-0.1, -0.05) is 6.07 Å². The van der Waals surface area contributed by atoms with E-state index in [2.05, 4.69) is 0 Å². The fourth-order valence-corrected chi connectivity index (χ4v) is 2.50. The van der Waals surface area contributed by atoms with Gasteiger partial charge in [-0.3, -0.25) is 9.59 Å². The van der Waals surface area contributed by atoms with Crippen LogP contribution in [0.4, 0.5) is 8.78 Å². The number of hydrogen-bond donors (Lipinski definition) is 1. The van der Waals surface area contributed by atoms with Crippen molar-refractivity contribution in [2.24, 2.45) is 5.92 Å². The lowest BCUT2D eigenvalue weighted by atomic mass is 10.1. The number of carbonyl (C=O) groups is 2. The lowest BCUT2D eigenvalue weighted by Gasteiger charge is -2.20. The molecule has 0 spiro atoms. The van der Waals surface area contributed by atoms with Gasteiger partial charge >= 0.3 is 5.97 Å². The zero-order valence-electron chi connectivity index (χ0n) is 11.7. The molecule has 1 aromatic rings. The largest absolute Gasteiger partial charge is 0.481 e. The van der Waals surface area contributed by atoms with E-state index in [1.807, 2.05) is 0 Å². The number of rotatable bonds is 6. The molecular formula is C15H17F2NO3. The van der Waals surface area contributed by atoms with Crippen molar-refractivity contribution in [2.75, 3.05) is 13.1 Å². The fourth-order valence-electron chi connectivity index (χ4n) is 2.50. The average Bonchev–Trinajstić information content (AvgIpc) is 3.19. The van der Waals surface area contributed by atoms with Crippen molar-refractivity contribution in [3.8, 4) is 0 Å². The number of amides is 1. The number of hydrogen-bond acceptors (Lipinski definition) is 2. The molecule has 1 saturated carbocycles. The first-order chi connectivity index (χ1) is 9.93. The van der Waals surface area contributed by atoms with E-state index in [0.717, 1.165) is 6.07 Å². The number of carboxylic acids is 1. The summed E-state index contributed by atoms with van der Waals surface area (Å²) in [6.45, 7) is 2.34. The summed E-state index contributed by atoms with van der Waals surface area (Å²) >= 11 is 0. The van der Waals surface area contributed by atoms with Gasteiger partial charge in [-0.05, 0) is 30.9 Å². The summed E-state index contributed by atoms with van der Waals surface area (Å²) in [5.41, 5.74) is 0.351. The Morgan fingerprint density at radius 2 is 2.10 bits per heavy atom. The molecule has 0 heterocycles. The Morgan fingerprint density at radius 1 is 1.38 bits per heavy atom. The normalized spacial score (nSPS) is 20.1. The Morgan fingerprint density at radius 3 is 2.67 bits per heavy atom. The second-order valence-corrected chi connectivity index (χ2v) is 5.18. The molecule has 0 aromatic heterocycles. The third kappa shape index (κ3) is 3.56. The van der Waals surface area contributed by atoms with Gasteiger partial charge in [0, 0.05) is 25.1 Å². The predicted molar refractivity (Wildman–Crippen MR) is 71.7 cm³/mol. The van der Waals surface area contributed by atoms with Gasteiger partial charge < -0.3 is 10.0 Å². The Bertz CT molecular complexity index is 562. The Kier molecular flexibility index (Phi) is 4.55. The van der Waals surface area contributed by atoms with Crippen LogP contribution in [0, 0.1) is 17.6 Å². The van der Waals surface area contributed by atoms with Crippen molar-refractivity contribution in [1.29, 1.82) is 0 Å². The van der Waals surface area contributed by atoms with E-state index in [1.54, 1.807) is 6.92 Å². The predicted octanol–water partition coefficient (Wildman–Crippen LogP) is 2.39. The maximum Gasteiger partial charge on any atom is 0.305 e. The van der Waals surface area contributed by atoms with Gasteiger partial charge in [-0.25, -0.2) is 8.78 Å². The van der Waals surface area contributed by atoms with Crippen molar-refractivity contribution in [2.45, 2.75) is 25.7 Å².